The largest absolute Gasteiger partial charge is 0.466 e. The summed E-state index contributed by atoms with van der Waals surface area (Å²) in [5, 5.41) is 0. The van der Waals surface area contributed by atoms with Crippen molar-refractivity contribution in [3.63, 3.8) is 0 Å². The molecule has 12 heteroatoms. The number of ether oxygens (including phenoxy) is 7. The minimum atomic E-state index is -0.747. The van der Waals surface area contributed by atoms with Crippen LogP contribution >= 0.6 is 0 Å². The first-order valence-corrected chi connectivity index (χ1v) is 13.3. The van der Waals surface area contributed by atoms with Crippen LogP contribution in [0.3, 0.4) is 0 Å². The first kappa shape index (κ1) is 36.3. The molecule has 2 aliphatic rings. The fourth-order valence-electron chi connectivity index (χ4n) is 3.11. The van der Waals surface area contributed by atoms with E-state index in [9.17, 15) is 24.0 Å². The summed E-state index contributed by atoms with van der Waals surface area (Å²) < 4.78 is 33.9. The molecule has 0 aliphatic carbocycles. The molecule has 12 nitrogen and oxygen atoms in total. The number of rotatable bonds is 12. The summed E-state index contributed by atoms with van der Waals surface area (Å²) in [6.45, 7) is 15.8. The van der Waals surface area contributed by atoms with Crippen LogP contribution in [0.15, 0.2) is 0 Å². The summed E-state index contributed by atoms with van der Waals surface area (Å²) >= 11 is 0. The van der Waals surface area contributed by atoms with Gasteiger partial charge in [0, 0.05) is 7.11 Å². The van der Waals surface area contributed by atoms with Gasteiger partial charge in [-0.05, 0) is 53.4 Å². The molecule has 226 valence electrons. The summed E-state index contributed by atoms with van der Waals surface area (Å²) in [6, 6.07) is 0. The second-order valence-corrected chi connectivity index (χ2v) is 9.50. The first-order chi connectivity index (χ1) is 18.3. The number of hydrogen-bond donors (Lipinski definition) is 0. The molecular weight excluding hydrogens is 516 g/mol. The lowest BCUT2D eigenvalue weighted by Gasteiger charge is -2.22. The van der Waals surface area contributed by atoms with Crippen molar-refractivity contribution in [2.45, 2.75) is 92.6 Å². The van der Waals surface area contributed by atoms with E-state index in [2.05, 4.69) is 9.47 Å². The van der Waals surface area contributed by atoms with Crippen molar-refractivity contribution < 1.29 is 57.1 Å². The Morgan fingerprint density at radius 1 is 0.821 bits per heavy atom. The van der Waals surface area contributed by atoms with Crippen LogP contribution in [0.25, 0.3) is 0 Å². The van der Waals surface area contributed by atoms with E-state index in [1.807, 2.05) is 27.7 Å². The maximum absolute atomic E-state index is 11.4. The van der Waals surface area contributed by atoms with Gasteiger partial charge in [-0.3, -0.25) is 9.59 Å². The van der Waals surface area contributed by atoms with Gasteiger partial charge in [0.15, 0.2) is 18.3 Å². The fraction of sp³-hybridized carbons (Fsp3) is 0.815. The Balaban J connectivity index is 0.000000588. The van der Waals surface area contributed by atoms with Crippen molar-refractivity contribution in [3.8, 4) is 0 Å². The standard InChI is InChI=1S/C13H24O5.C8H14O3.C6H8O4/c1-6-17-12(14)10(3)7-9(2)8-18-13(15)11(4)16-5;1-3-10-8(9)6(2)4-7-5-11-7;1-3-5(7)10-4(2)6(8)9-3/h9-11H,6-8H2,1-5H3;6-7H,3-5H2,1-2H3;3-4H,1-2H3. The highest BCUT2D eigenvalue weighted by atomic mass is 16.6. The van der Waals surface area contributed by atoms with E-state index < -0.39 is 30.3 Å². The second-order valence-electron chi connectivity index (χ2n) is 9.50. The van der Waals surface area contributed by atoms with Crippen molar-refractivity contribution >= 4 is 29.8 Å². The van der Waals surface area contributed by atoms with Crippen LogP contribution in [0.1, 0.15) is 68.2 Å². The summed E-state index contributed by atoms with van der Waals surface area (Å²) in [4.78, 5) is 55.1. The van der Waals surface area contributed by atoms with Crippen molar-refractivity contribution in [1.29, 1.82) is 0 Å². The topological polar surface area (TPSA) is 153 Å². The van der Waals surface area contributed by atoms with E-state index >= 15 is 0 Å². The molecule has 0 bridgehead atoms. The maximum Gasteiger partial charge on any atom is 0.347 e. The number of methoxy groups -OCH3 is 1. The van der Waals surface area contributed by atoms with E-state index in [1.165, 1.54) is 21.0 Å². The Hall–Kier alpha value is -2.73. The zero-order valence-electron chi connectivity index (χ0n) is 24.7. The van der Waals surface area contributed by atoms with Gasteiger partial charge in [-0.25, -0.2) is 14.4 Å². The molecule has 2 saturated heterocycles. The molecule has 2 rings (SSSR count). The number of carbonyl (C=O) groups is 5. The molecule has 0 aromatic carbocycles. The number of epoxide rings is 1. The van der Waals surface area contributed by atoms with Gasteiger partial charge in [0.2, 0.25) is 0 Å². The summed E-state index contributed by atoms with van der Waals surface area (Å²) in [6.07, 6.45) is -0.298. The van der Waals surface area contributed by atoms with Gasteiger partial charge in [-0.1, -0.05) is 20.8 Å². The molecule has 7 unspecified atom stereocenters. The second kappa shape index (κ2) is 19.3. The predicted octanol–water partition coefficient (Wildman–Crippen LogP) is 2.63. The molecule has 0 spiro atoms. The molecule has 39 heavy (non-hydrogen) atoms. The van der Waals surface area contributed by atoms with E-state index in [0.29, 0.717) is 25.7 Å². The number of hydrogen-bond acceptors (Lipinski definition) is 12. The van der Waals surface area contributed by atoms with Crippen molar-refractivity contribution in [3.05, 3.63) is 0 Å². The van der Waals surface area contributed by atoms with E-state index in [4.69, 9.17) is 23.7 Å². The van der Waals surface area contributed by atoms with Crippen LogP contribution in [0, 0.1) is 17.8 Å². The van der Waals surface area contributed by atoms with Crippen LogP contribution in [0.5, 0.6) is 0 Å². The molecule has 2 fully saturated rings. The van der Waals surface area contributed by atoms with Crippen molar-refractivity contribution in [1.82, 2.24) is 0 Å². The SMILES string of the molecule is CC1OC(=O)C(C)OC1=O.CCOC(=O)C(C)CC(C)COC(=O)C(C)OC.CCOC(=O)C(C)CC1CO1. The number of esters is 5. The van der Waals surface area contributed by atoms with Gasteiger partial charge in [0.1, 0.15) is 0 Å². The molecule has 0 aromatic rings. The molecular formula is C27H46O12. The lowest BCUT2D eigenvalue weighted by molar-refractivity contribution is -0.191. The average Bonchev–Trinajstić information content (AvgIpc) is 3.70. The van der Waals surface area contributed by atoms with Gasteiger partial charge in [-0.15, -0.1) is 0 Å². The van der Waals surface area contributed by atoms with E-state index in [0.717, 1.165) is 13.0 Å². The maximum atomic E-state index is 11.4. The van der Waals surface area contributed by atoms with Crippen LogP contribution in [0.4, 0.5) is 0 Å². The Labute approximate surface area is 231 Å². The molecule has 0 aromatic heterocycles. The monoisotopic (exact) mass is 562 g/mol. The highest BCUT2D eigenvalue weighted by Gasteiger charge is 2.32. The zero-order valence-corrected chi connectivity index (χ0v) is 24.7. The highest BCUT2D eigenvalue weighted by Crippen LogP contribution is 2.20. The third-order valence-corrected chi connectivity index (χ3v) is 5.60. The summed E-state index contributed by atoms with van der Waals surface area (Å²) in [7, 11) is 1.46. The Kier molecular flexibility index (Phi) is 18.0. The van der Waals surface area contributed by atoms with Crippen LogP contribution in [-0.4, -0.2) is 87.8 Å². The third-order valence-electron chi connectivity index (χ3n) is 5.60. The zero-order chi connectivity index (χ0) is 30.1. The van der Waals surface area contributed by atoms with Crippen molar-refractivity contribution in [2.24, 2.45) is 17.8 Å². The van der Waals surface area contributed by atoms with Crippen LogP contribution < -0.4 is 0 Å². The van der Waals surface area contributed by atoms with E-state index in [1.54, 1.807) is 13.8 Å². The van der Waals surface area contributed by atoms with Gasteiger partial charge in [0.05, 0.1) is 44.4 Å². The summed E-state index contributed by atoms with van der Waals surface area (Å²) in [5.41, 5.74) is 0. The lowest BCUT2D eigenvalue weighted by Crippen LogP contribution is -2.40. The van der Waals surface area contributed by atoms with Gasteiger partial charge >= 0.3 is 29.8 Å². The van der Waals surface area contributed by atoms with Gasteiger partial charge in [0.25, 0.3) is 0 Å². The third kappa shape index (κ3) is 16.1. The van der Waals surface area contributed by atoms with Crippen LogP contribution in [-0.2, 0) is 57.1 Å². The first-order valence-electron chi connectivity index (χ1n) is 13.3. The minimum Gasteiger partial charge on any atom is -0.466 e. The Bertz CT molecular complexity index is 759. The van der Waals surface area contributed by atoms with Gasteiger partial charge < -0.3 is 33.2 Å². The normalized spacial score (nSPS) is 22.5. The Morgan fingerprint density at radius 3 is 1.69 bits per heavy atom. The smallest absolute Gasteiger partial charge is 0.347 e. The molecule has 0 N–H and O–H groups in total. The minimum absolute atomic E-state index is 0.0116. The fourth-order valence-corrected chi connectivity index (χ4v) is 3.11. The molecule has 2 aliphatic heterocycles. The number of cyclic esters (lactones) is 2. The number of carbonyl (C=O) groups excluding carboxylic acids is 5. The average molecular weight is 563 g/mol. The highest BCUT2D eigenvalue weighted by molar-refractivity contribution is 5.86. The quantitative estimate of drug-likeness (QED) is 0.195. The molecule has 7 atom stereocenters. The summed E-state index contributed by atoms with van der Waals surface area (Å²) in [5.74, 6) is -1.74. The van der Waals surface area contributed by atoms with Crippen LogP contribution in [0.2, 0.25) is 0 Å². The van der Waals surface area contributed by atoms with E-state index in [-0.39, 0.29) is 42.3 Å². The molecule has 0 amide bonds. The molecule has 0 saturated carbocycles. The predicted molar refractivity (Wildman–Crippen MR) is 138 cm³/mol. The molecule has 0 radical (unpaired) electrons. The van der Waals surface area contributed by atoms with Gasteiger partial charge in [-0.2, -0.15) is 0 Å². The Morgan fingerprint density at radius 2 is 1.28 bits per heavy atom. The lowest BCUT2D eigenvalue weighted by atomic mass is 9.98. The van der Waals surface area contributed by atoms with Crippen molar-refractivity contribution in [2.75, 3.05) is 33.5 Å². The molecule has 2 heterocycles.